The normalized spacial score (nSPS) is 15.2. The summed E-state index contributed by atoms with van der Waals surface area (Å²) in [6, 6.07) is 5.88. The van der Waals surface area contributed by atoms with E-state index in [4.69, 9.17) is 0 Å². The lowest BCUT2D eigenvalue weighted by atomic mass is 10.1. The topological polar surface area (TPSA) is 55.9 Å². The molecule has 0 atom stereocenters. The van der Waals surface area contributed by atoms with Crippen molar-refractivity contribution >= 4 is 17.6 Å². The summed E-state index contributed by atoms with van der Waals surface area (Å²) in [4.78, 5) is 29.8. The van der Waals surface area contributed by atoms with E-state index in [1.807, 2.05) is 36.9 Å². The number of urea groups is 1. The molecule has 1 heterocycles. The van der Waals surface area contributed by atoms with Crippen LogP contribution >= 0.6 is 0 Å². The van der Waals surface area contributed by atoms with Gasteiger partial charge in [-0.2, -0.15) is 0 Å². The van der Waals surface area contributed by atoms with E-state index in [1.54, 1.807) is 19.0 Å². The van der Waals surface area contributed by atoms with E-state index >= 15 is 0 Å². The third-order valence-electron chi connectivity index (χ3n) is 4.65. The summed E-state index contributed by atoms with van der Waals surface area (Å²) >= 11 is 0. The average molecular weight is 332 g/mol. The van der Waals surface area contributed by atoms with Gasteiger partial charge >= 0.3 is 6.03 Å². The van der Waals surface area contributed by atoms with Crippen molar-refractivity contribution in [1.29, 1.82) is 0 Å². The Bertz CT molecular complexity index is 593. The molecule has 6 heteroatoms. The standard InChI is InChI=1S/C18H28N4O2/c1-14-6-5-7-16(15(14)2)19-18(24)22-12-10-21(11-13-22)9-8-17(23)20(3)4/h5-7H,8-13H2,1-4H3,(H,19,24). The number of anilines is 1. The fraction of sp³-hybridized carbons (Fsp3) is 0.556. The van der Waals surface area contributed by atoms with E-state index in [-0.39, 0.29) is 11.9 Å². The van der Waals surface area contributed by atoms with Crippen LogP contribution in [-0.2, 0) is 4.79 Å². The number of hydrogen-bond acceptors (Lipinski definition) is 3. The number of carbonyl (C=O) groups is 2. The summed E-state index contributed by atoms with van der Waals surface area (Å²) in [5, 5.41) is 3.01. The zero-order valence-corrected chi connectivity index (χ0v) is 15.1. The lowest BCUT2D eigenvalue weighted by Gasteiger charge is -2.34. The van der Waals surface area contributed by atoms with Gasteiger partial charge < -0.3 is 15.1 Å². The second-order valence-corrected chi connectivity index (χ2v) is 6.54. The fourth-order valence-electron chi connectivity index (χ4n) is 2.73. The first-order valence-electron chi connectivity index (χ1n) is 8.43. The number of aryl methyl sites for hydroxylation is 1. The number of amides is 3. The van der Waals surface area contributed by atoms with Gasteiger partial charge in [-0.25, -0.2) is 4.79 Å². The molecule has 1 N–H and O–H groups in total. The minimum absolute atomic E-state index is 0.0484. The Morgan fingerprint density at radius 2 is 1.79 bits per heavy atom. The Balaban J connectivity index is 1.80. The molecule has 1 aliphatic heterocycles. The minimum Gasteiger partial charge on any atom is -0.349 e. The van der Waals surface area contributed by atoms with Crippen LogP contribution in [0, 0.1) is 13.8 Å². The monoisotopic (exact) mass is 332 g/mol. The van der Waals surface area contributed by atoms with Crippen LogP contribution in [0.1, 0.15) is 17.5 Å². The van der Waals surface area contributed by atoms with Gasteiger partial charge in [-0.3, -0.25) is 9.69 Å². The maximum absolute atomic E-state index is 12.4. The molecule has 1 aliphatic rings. The Kier molecular flexibility index (Phi) is 6.20. The lowest BCUT2D eigenvalue weighted by Crippen LogP contribution is -2.50. The molecule has 0 aromatic heterocycles. The van der Waals surface area contributed by atoms with E-state index in [0.717, 1.165) is 30.9 Å². The van der Waals surface area contributed by atoms with E-state index < -0.39 is 0 Å². The van der Waals surface area contributed by atoms with E-state index in [0.29, 0.717) is 19.5 Å². The number of nitrogens with zero attached hydrogens (tertiary/aromatic N) is 3. The van der Waals surface area contributed by atoms with Crippen molar-refractivity contribution in [3.8, 4) is 0 Å². The molecule has 1 fully saturated rings. The first kappa shape index (κ1) is 18.3. The van der Waals surface area contributed by atoms with Crippen LogP contribution in [0.5, 0.6) is 0 Å². The number of piperazine rings is 1. The van der Waals surface area contributed by atoms with Gasteiger partial charge in [0.05, 0.1) is 0 Å². The van der Waals surface area contributed by atoms with Crippen molar-refractivity contribution < 1.29 is 9.59 Å². The number of rotatable bonds is 4. The van der Waals surface area contributed by atoms with Gasteiger partial charge in [0.2, 0.25) is 5.91 Å². The lowest BCUT2D eigenvalue weighted by molar-refractivity contribution is -0.129. The van der Waals surface area contributed by atoms with Crippen LogP contribution in [0.25, 0.3) is 0 Å². The van der Waals surface area contributed by atoms with Crippen LogP contribution in [0.15, 0.2) is 18.2 Å². The number of nitrogens with one attached hydrogen (secondary N) is 1. The first-order chi connectivity index (χ1) is 11.4. The summed E-state index contributed by atoms with van der Waals surface area (Å²) in [5.74, 6) is 0.144. The number of hydrogen-bond donors (Lipinski definition) is 1. The van der Waals surface area contributed by atoms with Crippen molar-refractivity contribution in [3.63, 3.8) is 0 Å². The molecule has 1 aromatic rings. The predicted octanol–water partition coefficient (Wildman–Crippen LogP) is 1.93. The van der Waals surface area contributed by atoms with Crippen molar-refractivity contribution in [2.45, 2.75) is 20.3 Å². The van der Waals surface area contributed by atoms with Crippen LogP contribution in [0.3, 0.4) is 0 Å². The Morgan fingerprint density at radius 1 is 1.12 bits per heavy atom. The molecular formula is C18H28N4O2. The summed E-state index contributed by atoms with van der Waals surface area (Å²) in [6.07, 6.45) is 0.529. The van der Waals surface area contributed by atoms with Crippen molar-refractivity contribution in [1.82, 2.24) is 14.7 Å². The highest BCUT2D eigenvalue weighted by molar-refractivity contribution is 5.90. The van der Waals surface area contributed by atoms with Crippen LogP contribution in [0.2, 0.25) is 0 Å². The first-order valence-corrected chi connectivity index (χ1v) is 8.43. The molecular weight excluding hydrogens is 304 g/mol. The fourth-order valence-corrected chi connectivity index (χ4v) is 2.73. The van der Waals surface area contributed by atoms with Crippen LogP contribution in [-0.4, -0.2) is 73.5 Å². The third kappa shape index (κ3) is 4.71. The number of carbonyl (C=O) groups excluding carboxylic acids is 2. The molecule has 1 saturated heterocycles. The molecule has 1 aromatic carbocycles. The van der Waals surface area contributed by atoms with Gasteiger partial charge in [-0.1, -0.05) is 12.1 Å². The summed E-state index contributed by atoms with van der Waals surface area (Å²) in [6.45, 7) is 7.80. The molecule has 24 heavy (non-hydrogen) atoms. The maximum atomic E-state index is 12.4. The van der Waals surface area contributed by atoms with E-state index in [2.05, 4.69) is 10.2 Å². The molecule has 2 rings (SSSR count). The molecule has 0 aliphatic carbocycles. The van der Waals surface area contributed by atoms with Crippen LogP contribution in [0.4, 0.5) is 10.5 Å². The molecule has 0 bridgehead atoms. The SMILES string of the molecule is Cc1cccc(NC(=O)N2CCN(CCC(=O)N(C)C)CC2)c1C. The van der Waals surface area contributed by atoms with E-state index in [1.165, 1.54) is 5.56 Å². The second-order valence-electron chi connectivity index (χ2n) is 6.54. The molecule has 0 spiro atoms. The second kappa shape index (κ2) is 8.15. The van der Waals surface area contributed by atoms with Crippen LogP contribution < -0.4 is 5.32 Å². The molecule has 0 unspecified atom stereocenters. The molecule has 6 nitrogen and oxygen atoms in total. The molecule has 0 radical (unpaired) electrons. The highest BCUT2D eigenvalue weighted by Gasteiger charge is 2.22. The maximum Gasteiger partial charge on any atom is 0.321 e. The van der Waals surface area contributed by atoms with Crippen molar-refractivity contribution in [2.75, 3.05) is 52.1 Å². The van der Waals surface area contributed by atoms with Gasteiger partial charge in [0.25, 0.3) is 0 Å². The Morgan fingerprint density at radius 3 is 2.42 bits per heavy atom. The summed E-state index contributed by atoms with van der Waals surface area (Å²) in [7, 11) is 3.55. The largest absolute Gasteiger partial charge is 0.349 e. The summed E-state index contributed by atoms with van der Waals surface area (Å²) in [5.41, 5.74) is 3.15. The quantitative estimate of drug-likeness (QED) is 0.917. The van der Waals surface area contributed by atoms with Crippen molar-refractivity contribution in [2.24, 2.45) is 0 Å². The Labute approximate surface area is 144 Å². The van der Waals surface area contributed by atoms with Crippen molar-refractivity contribution in [3.05, 3.63) is 29.3 Å². The molecule has 0 saturated carbocycles. The minimum atomic E-state index is -0.0484. The van der Waals surface area contributed by atoms with Gasteiger partial charge in [-0.15, -0.1) is 0 Å². The Hall–Kier alpha value is -2.08. The number of benzene rings is 1. The molecule has 3 amide bonds. The zero-order valence-electron chi connectivity index (χ0n) is 15.1. The van der Waals surface area contributed by atoms with Gasteiger partial charge in [0.1, 0.15) is 0 Å². The third-order valence-corrected chi connectivity index (χ3v) is 4.65. The smallest absolute Gasteiger partial charge is 0.321 e. The summed E-state index contributed by atoms with van der Waals surface area (Å²) < 4.78 is 0. The zero-order chi connectivity index (χ0) is 17.7. The van der Waals surface area contributed by atoms with E-state index in [9.17, 15) is 9.59 Å². The predicted molar refractivity (Wildman–Crippen MR) is 96.3 cm³/mol. The highest BCUT2D eigenvalue weighted by Crippen LogP contribution is 2.18. The van der Waals surface area contributed by atoms with Gasteiger partial charge in [0.15, 0.2) is 0 Å². The average Bonchev–Trinajstić information content (AvgIpc) is 2.57. The van der Waals surface area contributed by atoms with Gasteiger partial charge in [0, 0.05) is 58.9 Å². The van der Waals surface area contributed by atoms with Gasteiger partial charge in [-0.05, 0) is 31.0 Å². The molecule has 132 valence electrons. The highest BCUT2D eigenvalue weighted by atomic mass is 16.2.